The van der Waals surface area contributed by atoms with E-state index in [2.05, 4.69) is 4.98 Å². The molecule has 0 N–H and O–H groups in total. The standard InChI is InChI=1S/C16H19NO4/c1-5-20-13-8-6-7-11-14(21-10(2)3)9-12(16(18)19-4)17-15(11)13/h6-10H,5H2,1-4H3. The van der Waals surface area contributed by atoms with Gasteiger partial charge in [-0.05, 0) is 32.9 Å². The Bertz CT molecular complexity index is 652. The van der Waals surface area contributed by atoms with Crippen LogP contribution in [0.4, 0.5) is 0 Å². The van der Waals surface area contributed by atoms with Gasteiger partial charge in [-0.15, -0.1) is 0 Å². The predicted molar refractivity (Wildman–Crippen MR) is 80.0 cm³/mol. The van der Waals surface area contributed by atoms with Gasteiger partial charge < -0.3 is 14.2 Å². The molecule has 0 spiro atoms. The van der Waals surface area contributed by atoms with Gasteiger partial charge in [0.1, 0.15) is 17.0 Å². The van der Waals surface area contributed by atoms with E-state index in [9.17, 15) is 4.79 Å². The number of aromatic nitrogens is 1. The second-order valence-corrected chi connectivity index (χ2v) is 4.75. The number of esters is 1. The van der Waals surface area contributed by atoms with Crippen molar-refractivity contribution in [3.05, 3.63) is 30.0 Å². The highest BCUT2D eigenvalue weighted by Crippen LogP contribution is 2.32. The summed E-state index contributed by atoms with van der Waals surface area (Å²) in [6.45, 7) is 6.27. The van der Waals surface area contributed by atoms with Gasteiger partial charge in [0.05, 0.1) is 19.8 Å². The molecule has 0 fully saturated rings. The van der Waals surface area contributed by atoms with E-state index in [-0.39, 0.29) is 11.8 Å². The second-order valence-electron chi connectivity index (χ2n) is 4.75. The van der Waals surface area contributed by atoms with Crippen molar-refractivity contribution in [3.8, 4) is 11.5 Å². The number of methoxy groups -OCH3 is 1. The van der Waals surface area contributed by atoms with E-state index >= 15 is 0 Å². The van der Waals surface area contributed by atoms with Crippen LogP contribution in [0.2, 0.25) is 0 Å². The van der Waals surface area contributed by atoms with Crippen LogP contribution in [-0.4, -0.2) is 30.8 Å². The topological polar surface area (TPSA) is 57.7 Å². The van der Waals surface area contributed by atoms with Crippen LogP contribution in [-0.2, 0) is 4.74 Å². The maximum Gasteiger partial charge on any atom is 0.356 e. The minimum atomic E-state index is -0.503. The minimum absolute atomic E-state index is 0.0168. The molecule has 0 aliphatic carbocycles. The minimum Gasteiger partial charge on any atom is -0.492 e. The average molecular weight is 289 g/mol. The Hall–Kier alpha value is -2.30. The number of carbonyl (C=O) groups excluding carboxylic acids is 1. The molecule has 0 aliphatic rings. The predicted octanol–water partition coefficient (Wildman–Crippen LogP) is 3.21. The fourth-order valence-electron chi connectivity index (χ4n) is 2.02. The van der Waals surface area contributed by atoms with Crippen LogP contribution in [0.5, 0.6) is 11.5 Å². The van der Waals surface area contributed by atoms with Crippen LogP contribution < -0.4 is 9.47 Å². The van der Waals surface area contributed by atoms with Crippen molar-refractivity contribution in [1.29, 1.82) is 0 Å². The molecule has 5 nitrogen and oxygen atoms in total. The fraction of sp³-hybridized carbons (Fsp3) is 0.375. The Morgan fingerprint density at radius 3 is 2.67 bits per heavy atom. The molecule has 0 atom stereocenters. The molecule has 1 aromatic carbocycles. The number of para-hydroxylation sites is 1. The van der Waals surface area contributed by atoms with Crippen LogP contribution in [0.25, 0.3) is 10.9 Å². The molecule has 0 aliphatic heterocycles. The van der Waals surface area contributed by atoms with E-state index in [0.717, 1.165) is 5.39 Å². The van der Waals surface area contributed by atoms with Gasteiger partial charge in [0, 0.05) is 11.5 Å². The Morgan fingerprint density at radius 2 is 2.05 bits per heavy atom. The summed E-state index contributed by atoms with van der Waals surface area (Å²) in [7, 11) is 1.33. The van der Waals surface area contributed by atoms with Gasteiger partial charge in [-0.2, -0.15) is 0 Å². The zero-order valence-corrected chi connectivity index (χ0v) is 12.7. The van der Waals surface area contributed by atoms with Crippen molar-refractivity contribution >= 4 is 16.9 Å². The molecule has 112 valence electrons. The lowest BCUT2D eigenvalue weighted by molar-refractivity contribution is 0.0593. The first-order valence-corrected chi connectivity index (χ1v) is 6.88. The highest BCUT2D eigenvalue weighted by Gasteiger charge is 2.16. The summed E-state index contributed by atoms with van der Waals surface area (Å²) in [6.07, 6.45) is -0.0168. The zero-order chi connectivity index (χ0) is 15.4. The first-order valence-electron chi connectivity index (χ1n) is 6.88. The van der Waals surface area contributed by atoms with E-state index < -0.39 is 5.97 Å². The number of ether oxygens (including phenoxy) is 3. The van der Waals surface area contributed by atoms with Crippen molar-refractivity contribution < 1.29 is 19.0 Å². The molecule has 5 heteroatoms. The lowest BCUT2D eigenvalue weighted by Gasteiger charge is -2.15. The molecule has 2 rings (SSSR count). The number of hydrogen-bond acceptors (Lipinski definition) is 5. The number of carbonyl (C=O) groups is 1. The van der Waals surface area contributed by atoms with Gasteiger partial charge in [-0.1, -0.05) is 6.07 Å². The molecule has 0 unspecified atom stereocenters. The SMILES string of the molecule is CCOc1cccc2c(OC(C)C)cc(C(=O)OC)nc12. The molecule has 1 aromatic heterocycles. The first-order chi connectivity index (χ1) is 10.1. The Balaban J connectivity index is 2.68. The molecular weight excluding hydrogens is 270 g/mol. The van der Waals surface area contributed by atoms with Crippen molar-refractivity contribution in [3.63, 3.8) is 0 Å². The van der Waals surface area contributed by atoms with E-state index in [0.29, 0.717) is 23.6 Å². The van der Waals surface area contributed by atoms with Crippen molar-refractivity contribution in [2.45, 2.75) is 26.9 Å². The highest BCUT2D eigenvalue weighted by molar-refractivity contribution is 5.96. The van der Waals surface area contributed by atoms with E-state index in [4.69, 9.17) is 14.2 Å². The van der Waals surface area contributed by atoms with Crippen molar-refractivity contribution in [2.75, 3.05) is 13.7 Å². The van der Waals surface area contributed by atoms with Crippen LogP contribution in [0.15, 0.2) is 24.3 Å². The normalized spacial score (nSPS) is 10.7. The molecule has 0 bridgehead atoms. The third-order valence-electron chi connectivity index (χ3n) is 2.82. The molecule has 0 saturated heterocycles. The molecule has 21 heavy (non-hydrogen) atoms. The lowest BCUT2D eigenvalue weighted by Crippen LogP contribution is -2.10. The fourth-order valence-corrected chi connectivity index (χ4v) is 2.02. The average Bonchev–Trinajstić information content (AvgIpc) is 2.46. The van der Waals surface area contributed by atoms with Gasteiger partial charge in [-0.3, -0.25) is 0 Å². The van der Waals surface area contributed by atoms with Crippen LogP contribution >= 0.6 is 0 Å². The highest BCUT2D eigenvalue weighted by atomic mass is 16.5. The van der Waals surface area contributed by atoms with Crippen LogP contribution in [0.3, 0.4) is 0 Å². The summed E-state index contributed by atoms with van der Waals surface area (Å²) >= 11 is 0. The van der Waals surface area contributed by atoms with Crippen LogP contribution in [0, 0.1) is 0 Å². The smallest absolute Gasteiger partial charge is 0.356 e. The summed E-state index contributed by atoms with van der Waals surface area (Å²) in [5.74, 6) is 0.711. The van der Waals surface area contributed by atoms with Crippen molar-refractivity contribution in [1.82, 2.24) is 4.98 Å². The van der Waals surface area contributed by atoms with Gasteiger partial charge >= 0.3 is 5.97 Å². The van der Waals surface area contributed by atoms with Gasteiger partial charge in [0.15, 0.2) is 5.69 Å². The molecule has 0 amide bonds. The molecule has 0 radical (unpaired) electrons. The maximum atomic E-state index is 11.8. The zero-order valence-electron chi connectivity index (χ0n) is 12.7. The van der Waals surface area contributed by atoms with Gasteiger partial charge in [0.25, 0.3) is 0 Å². The molecule has 2 aromatic rings. The number of fused-ring (bicyclic) bond motifs is 1. The molecule has 0 saturated carbocycles. The van der Waals surface area contributed by atoms with Crippen LogP contribution in [0.1, 0.15) is 31.3 Å². The first kappa shape index (κ1) is 15.1. The third kappa shape index (κ3) is 3.24. The Kier molecular flexibility index (Phi) is 4.62. The second kappa shape index (κ2) is 6.43. The number of nitrogens with zero attached hydrogens (tertiary/aromatic N) is 1. The van der Waals surface area contributed by atoms with E-state index in [1.807, 2.05) is 39.0 Å². The van der Waals surface area contributed by atoms with E-state index in [1.54, 1.807) is 6.07 Å². The molecule has 1 heterocycles. The Morgan fingerprint density at radius 1 is 1.29 bits per heavy atom. The number of hydrogen-bond donors (Lipinski definition) is 0. The van der Waals surface area contributed by atoms with Crippen molar-refractivity contribution in [2.24, 2.45) is 0 Å². The number of rotatable bonds is 5. The van der Waals surface area contributed by atoms with Gasteiger partial charge in [0.2, 0.25) is 0 Å². The summed E-state index contributed by atoms with van der Waals surface area (Å²) in [5.41, 5.74) is 0.797. The van der Waals surface area contributed by atoms with Gasteiger partial charge in [-0.25, -0.2) is 9.78 Å². The molecular formula is C16H19NO4. The summed E-state index contributed by atoms with van der Waals surface area (Å²) < 4.78 is 16.1. The number of pyridine rings is 1. The van der Waals surface area contributed by atoms with E-state index in [1.165, 1.54) is 7.11 Å². The quantitative estimate of drug-likeness (QED) is 0.791. The largest absolute Gasteiger partial charge is 0.492 e. The lowest BCUT2D eigenvalue weighted by atomic mass is 10.1. The Labute approximate surface area is 123 Å². The summed E-state index contributed by atoms with van der Waals surface area (Å²) in [6, 6.07) is 7.19. The monoisotopic (exact) mass is 289 g/mol. The summed E-state index contributed by atoms with van der Waals surface area (Å²) in [5, 5.41) is 0.808. The summed E-state index contributed by atoms with van der Waals surface area (Å²) in [4.78, 5) is 16.1. The third-order valence-corrected chi connectivity index (χ3v) is 2.82. The maximum absolute atomic E-state index is 11.8. The number of benzene rings is 1.